The highest BCUT2D eigenvalue weighted by atomic mass is 32.2. The van der Waals surface area contributed by atoms with Crippen molar-refractivity contribution in [3.8, 4) is 0 Å². The van der Waals surface area contributed by atoms with Gasteiger partial charge in [0.1, 0.15) is 0 Å². The number of amides is 2. The molecule has 2 aromatic carbocycles. The summed E-state index contributed by atoms with van der Waals surface area (Å²) in [6, 6.07) is 14.2. The summed E-state index contributed by atoms with van der Waals surface area (Å²) in [5.41, 5.74) is 2.16. The zero-order valence-corrected chi connectivity index (χ0v) is 18.1. The molecule has 8 heteroatoms. The first kappa shape index (κ1) is 22.0. The van der Waals surface area contributed by atoms with Gasteiger partial charge in [-0.15, -0.1) is 0 Å². The highest BCUT2D eigenvalue weighted by molar-refractivity contribution is 7.89. The maximum atomic E-state index is 13.0. The molecular weight excluding hydrogens is 402 g/mol. The molecule has 1 heterocycles. The van der Waals surface area contributed by atoms with Crippen LogP contribution in [0.3, 0.4) is 0 Å². The SMILES string of the molecule is Cc1ccc(C)c(S(=O)(=O)N2CCN(C(=O)CCNC(=O)c3ccccc3)CC2)c1. The number of nitrogens with zero attached hydrogens (tertiary/aromatic N) is 2. The third kappa shape index (κ3) is 5.06. The average molecular weight is 430 g/mol. The molecule has 30 heavy (non-hydrogen) atoms. The molecule has 1 N–H and O–H groups in total. The van der Waals surface area contributed by atoms with Crippen LogP contribution in [-0.4, -0.2) is 62.2 Å². The Labute approximate surface area is 177 Å². The standard InChI is InChI=1S/C22H27N3O4S/c1-17-8-9-18(2)20(16-17)30(28,29)25-14-12-24(13-15-25)21(26)10-11-23-22(27)19-6-4-3-5-7-19/h3-9,16H,10-15H2,1-2H3,(H,23,27). The van der Waals surface area contributed by atoms with Crippen molar-refractivity contribution in [2.24, 2.45) is 0 Å². The van der Waals surface area contributed by atoms with Crippen LogP contribution in [0.2, 0.25) is 0 Å². The van der Waals surface area contributed by atoms with Gasteiger partial charge in [0.2, 0.25) is 15.9 Å². The number of carbonyl (C=O) groups is 2. The molecule has 0 aliphatic carbocycles. The Morgan fingerprint density at radius 2 is 1.63 bits per heavy atom. The lowest BCUT2D eigenvalue weighted by Gasteiger charge is -2.34. The summed E-state index contributed by atoms with van der Waals surface area (Å²) in [6.45, 7) is 5.11. The van der Waals surface area contributed by atoms with Gasteiger partial charge in [0.05, 0.1) is 4.90 Å². The summed E-state index contributed by atoms with van der Waals surface area (Å²) in [5, 5.41) is 2.74. The van der Waals surface area contributed by atoms with Gasteiger partial charge in [-0.2, -0.15) is 4.31 Å². The van der Waals surface area contributed by atoms with Crippen LogP contribution in [0.4, 0.5) is 0 Å². The lowest BCUT2D eigenvalue weighted by atomic mass is 10.2. The number of hydrogen-bond acceptors (Lipinski definition) is 4. The van der Waals surface area contributed by atoms with Crippen LogP contribution in [-0.2, 0) is 14.8 Å². The summed E-state index contributed by atoms with van der Waals surface area (Å²) in [4.78, 5) is 26.5. The van der Waals surface area contributed by atoms with Gasteiger partial charge in [-0.3, -0.25) is 9.59 Å². The van der Waals surface area contributed by atoms with E-state index in [2.05, 4.69) is 5.32 Å². The molecule has 0 spiro atoms. The topological polar surface area (TPSA) is 86.8 Å². The first-order chi connectivity index (χ1) is 14.3. The highest BCUT2D eigenvalue weighted by Gasteiger charge is 2.31. The first-order valence-corrected chi connectivity index (χ1v) is 11.4. The van der Waals surface area contributed by atoms with Gasteiger partial charge in [0.15, 0.2) is 0 Å². The van der Waals surface area contributed by atoms with E-state index in [-0.39, 0.29) is 37.9 Å². The second-order valence-electron chi connectivity index (χ2n) is 7.43. The maximum Gasteiger partial charge on any atom is 0.251 e. The van der Waals surface area contributed by atoms with Crippen molar-refractivity contribution < 1.29 is 18.0 Å². The molecule has 3 rings (SSSR count). The van der Waals surface area contributed by atoms with E-state index in [1.807, 2.05) is 25.1 Å². The number of carbonyl (C=O) groups excluding carboxylic acids is 2. The lowest BCUT2D eigenvalue weighted by molar-refractivity contribution is -0.132. The molecule has 2 aromatic rings. The van der Waals surface area contributed by atoms with Gasteiger partial charge in [-0.25, -0.2) is 8.42 Å². The predicted molar refractivity (Wildman–Crippen MR) is 115 cm³/mol. The van der Waals surface area contributed by atoms with Crippen molar-refractivity contribution in [3.63, 3.8) is 0 Å². The van der Waals surface area contributed by atoms with Gasteiger partial charge >= 0.3 is 0 Å². The van der Waals surface area contributed by atoms with E-state index >= 15 is 0 Å². The molecule has 2 amide bonds. The van der Waals surface area contributed by atoms with Crippen LogP contribution >= 0.6 is 0 Å². The second-order valence-corrected chi connectivity index (χ2v) is 9.33. The van der Waals surface area contributed by atoms with Crippen LogP contribution in [0, 0.1) is 13.8 Å². The molecule has 0 saturated carbocycles. The Morgan fingerprint density at radius 3 is 2.30 bits per heavy atom. The van der Waals surface area contributed by atoms with Crippen LogP contribution in [0.15, 0.2) is 53.4 Å². The second kappa shape index (κ2) is 9.40. The molecule has 160 valence electrons. The van der Waals surface area contributed by atoms with Gasteiger partial charge in [0.25, 0.3) is 5.91 Å². The monoisotopic (exact) mass is 429 g/mol. The Balaban J connectivity index is 1.50. The number of aryl methyl sites for hydroxylation is 2. The molecule has 0 unspecified atom stereocenters. The Kier molecular flexibility index (Phi) is 6.89. The molecule has 1 saturated heterocycles. The van der Waals surface area contributed by atoms with E-state index in [1.54, 1.807) is 42.2 Å². The van der Waals surface area contributed by atoms with E-state index in [9.17, 15) is 18.0 Å². The smallest absolute Gasteiger partial charge is 0.251 e. The van der Waals surface area contributed by atoms with Crippen molar-refractivity contribution >= 4 is 21.8 Å². The normalized spacial score (nSPS) is 15.1. The van der Waals surface area contributed by atoms with Gasteiger partial charge in [0, 0.05) is 44.7 Å². The van der Waals surface area contributed by atoms with Crippen LogP contribution in [0.25, 0.3) is 0 Å². The fourth-order valence-electron chi connectivity index (χ4n) is 3.43. The number of benzene rings is 2. The third-order valence-electron chi connectivity index (χ3n) is 5.21. The quantitative estimate of drug-likeness (QED) is 0.761. The summed E-state index contributed by atoms with van der Waals surface area (Å²) >= 11 is 0. The summed E-state index contributed by atoms with van der Waals surface area (Å²) in [6.07, 6.45) is 0.183. The molecule has 1 fully saturated rings. The van der Waals surface area contributed by atoms with E-state index < -0.39 is 10.0 Å². The van der Waals surface area contributed by atoms with E-state index in [0.717, 1.165) is 5.56 Å². The van der Waals surface area contributed by atoms with Crippen LogP contribution < -0.4 is 5.32 Å². The molecular formula is C22H27N3O4S. The zero-order valence-electron chi connectivity index (χ0n) is 17.3. The number of rotatable bonds is 6. The average Bonchev–Trinajstić information content (AvgIpc) is 2.76. The van der Waals surface area contributed by atoms with Crippen molar-refractivity contribution in [2.45, 2.75) is 25.2 Å². The summed E-state index contributed by atoms with van der Waals surface area (Å²) in [7, 11) is -3.58. The van der Waals surface area contributed by atoms with Crippen molar-refractivity contribution in [1.29, 1.82) is 0 Å². The lowest BCUT2D eigenvalue weighted by Crippen LogP contribution is -2.51. The number of hydrogen-bond donors (Lipinski definition) is 1. The minimum absolute atomic E-state index is 0.0906. The van der Waals surface area contributed by atoms with Gasteiger partial charge in [-0.1, -0.05) is 30.3 Å². The maximum absolute atomic E-state index is 13.0. The summed E-state index contributed by atoms with van der Waals surface area (Å²) in [5.74, 6) is -0.306. The van der Waals surface area contributed by atoms with Gasteiger partial charge in [-0.05, 0) is 43.2 Å². The minimum Gasteiger partial charge on any atom is -0.352 e. The third-order valence-corrected chi connectivity index (χ3v) is 7.25. The molecule has 1 aliphatic heterocycles. The highest BCUT2D eigenvalue weighted by Crippen LogP contribution is 2.22. The van der Waals surface area contributed by atoms with E-state index in [0.29, 0.717) is 29.1 Å². The molecule has 0 bridgehead atoms. The van der Waals surface area contributed by atoms with Crippen molar-refractivity contribution in [1.82, 2.24) is 14.5 Å². The number of sulfonamides is 1. The Morgan fingerprint density at radius 1 is 0.967 bits per heavy atom. The molecule has 0 radical (unpaired) electrons. The number of piperazine rings is 1. The molecule has 7 nitrogen and oxygen atoms in total. The Bertz CT molecular complexity index is 1010. The van der Waals surface area contributed by atoms with Crippen LogP contribution in [0.5, 0.6) is 0 Å². The van der Waals surface area contributed by atoms with E-state index in [1.165, 1.54) is 4.31 Å². The van der Waals surface area contributed by atoms with Crippen molar-refractivity contribution in [3.05, 3.63) is 65.2 Å². The van der Waals surface area contributed by atoms with Crippen LogP contribution in [0.1, 0.15) is 27.9 Å². The van der Waals surface area contributed by atoms with Gasteiger partial charge < -0.3 is 10.2 Å². The molecule has 0 atom stereocenters. The Hall–Kier alpha value is -2.71. The fraction of sp³-hybridized carbons (Fsp3) is 0.364. The zero-order chi connectivity index (χ0) is 21.7. The van der Waals surface area contributed by atoms with E-state index in [4.69, 9.17) is 0 Å². The first-order valence-electron chi connectivity index (χ1n) is 9.97. The molecule has 1 aliphatic rings. The largest absolute Gasteiger partial charge is 0.352 e. The molecule has 0 aromatic heterocycles. The fourth-order valence-corrected chi connectivity index (χ4v) is 5.17. The summed E-state index contributed by atoms with van der Waals surface area (Å²) < 4.78 is 27.4. The number of nitrogens with one attached hydrogen (secondary N) is 1. The minimum atomic E-state index is -3.58. The predicted octanol–water partition coefficient (Wildman–Crippen LogP) is 1.96. The van der Waals surface area contributed by atoms with Crippen molar-refractivity contribution in [2.75, 3.05) is 32.7 Å².